The second-order valence-electron chi connectivity index (χ2n) is 7.33. The zero-order valence-corrected chi connectivity index (χ0v) is 13.4. The van der Waals surface area contributed by atoms with Gasteiger partial charge in [0.2, 0.25) is 0 Å². The van der Waals surface area contributed by atoms with E-state index in [4.69, 9.17) is 9.84 Å². The average molecular weight is 298 g/mol. The highest BCUT2D eigenvalue weighted by Gasteiger charge is 2.43. The summed E-state index contributed by atoms with van der Waals surface area (Å²) in [6.45, 7) is 9.27. The molecule has 0 aromatic carbocycles. The molecule has 0 unspecified atom stereocenters. The van der Waals surface area contributed by atoms with Crippen molar-refractivity contribution in [2.24, 2.45) is 0 Å². The molecule has 1 aliphatic carbocycles. The van der Waals surface area contributed by atoms with Gasteiger partial charge in [-0.2, -0.15) is 0 Å². The van der Waals surface area contributed by atoms with Crippen LogP contribution in [0.25, 0.3) is 0 Å². The average Bonchev–Trinajstić information content (AvgIpc) is 3.08. The predicted octanol–water partition coefficient (Wildman–Crippen LogP) is 1.93. The van der Waals surface area contributed by atoms with Crippen molar-refractivity contribution in [3.63, 3.8) is 0 Å². The molecule has 2 aliphatic rings. The summed E-state index contributed by atoms with van der Waals surface area (Å²) < 4.78 is 5.99. The third-order valence-electron chi connectivity index (χ3n) is 3.77. The molecule has 1 aliphatic heterocycles. The molecule has 6 nitrogen and oxygen atoms in total. The Kier molecular flexibility index (Phi) is 4.19. The molecular formula is C15H26N2O4. The second kappa shape index (κ2) is 5.48. The van der Waals surface area contributed by atoms with Crippen LogP contribution in [-0.2, 0) is 9.53 Å². The van der Waals surface area contributed by atoms with Gasteiger partial charge < -0.3 is 19.6 Å². The molecule has 1 saturated carbocycles. The third-order valence-corrected chi connectivity index (χ3v) is 3.77. The Bertz CT molecular complexity index is 413. The highest BCUT2D eigenvalue weighted by atomic mass is 16.5. The van der Waals surface area contributed by atoms with Gasteiger partial charge in [-0.15, -0.1) is 0 Å². The van der Waals surface area contributed by atoms with Gasteiger partial charge in [0.1, 0.15) is 0 Å². The lowest BCUT2D eigenvalue weighted by molar-refractivity contribution is -0.172. The third kappa shape index (κ3) is 4.33. The lowest BCUT2D eigenvalue weighted by Gasteiger charge is -2.48. The number of rotatable bonds is 4. The predicted molar refractivity (Wildman–Crippen MR) is 78.2 cm³/mol. The number of carboxylic acid groups (broad SMARTS) is 1. The van der Waals surface area contributed by atoms with Gasteiger partial charge in [-0.25, -0.2) is 4.79 Å². The molecule has 0 atom stereocenters. The molecule has 0 aromatic heterocycles. The maximum absolute atomic E-state index is 12.8. The molecular weight excluding hydrogens is 272 g/mol. The van der Waals surface area contributed by atoms with Crippen molar-refractivity contribution in [2.75, 3.05) is 19.6 Å². The Labute approximate surface area is 126 Å². The molecule has 1 heterocycles. The molecule has 0 aromatic rings. The van der Waals surface area contributed by atoms with E-state index < -0.39 is 5.97 Å². The first kappa shape index (κ1) is 16.1. The van der Waals surface area contributed by atoms with E-state index in [1.165, 1.54) is 0 Å². The van der Waals surface area contributed by atoms with Gasteiger partial charge in [0, 0.05) is 12.6 Å². The van der Waals surface area contributed by atoms with Gasteiger partial charge in [-0.05, 0) is 40.5 Å². The molecule has 2 rings (SSSR count). The number of aliphatic carboxylic acids is 1. The Balaban J connectivity index is 2.07. The minimum absolute atomic E-state index is 0.000629. The van der Waals surface area contributed by atoms with Gasteiger partial charge in [0.05, 0.1) is 30.7 Å². The number of carboxylic acids is 1. The quantitative estimate of drug-likeness (QED) is 0.861. The van der Waals surface area contributed by atoms with E-state index in [0.29, 0.717) is 13.1 Å². The molecule has 0 bridgehead atoms. The summed E-state index contributed by atoms with van der Waals surface area (Å²) in [5, 5.41) is 8.85. The molecule has 0 spiro atoms. The minimum Gasteiger partial charge on any atom is -0.481 e. The van der Waals surface area contributed by atoms with Gasteiger partial charge >= 0.3 is 12.0 Å². The van der Waals surface area contributed by atoms with Crippen molar-refractivity contribution in [2.45, 2.75) is 64.2 Å². The zero-order valence-electron chi connectivity index (χ0n) is 13.4. The molecule has 1 N–H and O–H groups in total. The number of carbonyl (C=O) groups is 2. The number of ether oxygens (including phenoxy) is 1. The number of amides is 2. The van der Waals surface area contributed by atoms with E-state index >= 15 is 0 Å². The van der Waals surface area contributed by atoms with Crippen molar-refractivity contribution in [3.8, 4) is 0 Å². The largest absolute Gasteiger partial charge is 0.481 e. The fourth-order valence-corrected chi connectivity index (χ4v) is 3.14. The summed E-state index contributed by atoms with van der Waals surface area (Å²) in [6, 6.07) is 0.161. The van der Waals surface area contributed by atoms with Crippen LogP contribution in [0.4, 0.5) is 4.79 Å². The smallest absolute Gasteiger partial charge is 0.320 e. The summed E-state index contributed by atoms with van der Waals surface area (Å²) in [7, 11) is 0. The van der Waals surface area contributed by atoms with Crippen LogP contribution in [-0.4, -0.2) is 63.8 Å². The number of nitrogens with zero attached hydrogens (tertiary/aromatic N) is 2. The van der Waals surface area contributed by atoms with Crippen LogP contribution >= 0.6 is 0 Å². The van der Waals surface area contributed by atoms with E-state index in [-0.39, 0.29) is 36.2 Å². The number of hydrogen-bond acceptors (Lipinski definition) is 3. The minimum atomic E-state index is -0.865. The summed E-state index contributed by atoms with van der Waals surface area (Å²) in [4.78, 5) is 27.1. The Hall–Kier alpha value is -1.30. The molecule has 21 heavy (non-hydrogen) atoms. The van der Waals surface area contributed by atoms with E-state index in [1.807, 2.05) is 32.6 Å². The number of hydrogen-bond donors (Lipinski definition) is 1. The van der Waals surface area contributed by atoms with Gasteiger partial charge in [0.25, 0.3) is 0 Å². The maximum atomic E-state index is 12.8. The van der Waals surface area contributed by atoms with Gasteiger partial charge in [-0.3, -0.25) is 4.79 Å². The van der Waals surface area contributed by atoms with E-state index in [0.717, 1.165) is 12.8 Å². The highest BCUT2D eigenvalue weighted by molar-refractivity contribution is 5.76. The van der Waals surface area contributed by atoms with E-state index in [1.54, 1.807) is 4.90 Å². The van der Waals surface area contributed by atoms with Gasteiger partial charge in [-0.1, -0.05) is 0 Å². The summed E-state index contributed by atoms with van der Waals surface area (Å²) in [6.07, 6.45) is 1.95. The monoisotopic (exact) mass is 298 g/mol. The first-order valence-electron chi connectivity index (χ1n) is 7.57. The molecule has 120 valence electrons. The van der Waals surface area contributed by atoms with Crippen LogP contribution in [0.15, 0.2) is 0 Å². The number of morpholine rings is 1. The first-order valence-corrected chi connectivity index (χ1v) is 7.57. The van der Waals surface area contributed by atoms with Crippen molar-refractivity contribution in [1.82, 2.24) is 9.80 Å². The van der Waals surface area contributed by atoms with Crippen LogP contribution in [0.2, 0.25) is 0 Å². The number of urea groups is 1. The van der Waals surface area contributed by atoms with E-state index in [9.17, 15) is 9.59 Å². The molecule has 2 amide bonds. The highest BCUT2D eigenvalue weighted by Crippen LogP contribution is 2.32. The van der Waals surface area contributed by atoms with Crippen LogP contribution in [0.5, 0.6) is 0 Å². The van der Waals surface area contributed by atoms with Gasteiger partial charge in [0.15, 0.2) is 0 Å². The van der Waals surface area contributed by atoms with Crippen molar-refractivity contribution in [3.05, 3.63) is 0 Å². The first-order chi connectivity index (χ1) is 9.60. The summed E-state index contributed by atoms with van der Waals surface area (Å²) in [5.74, 6) is -0.865. The van der Waals surface area contributed by atoms with Crippen LogP contribution in [0, 0.1) is 0 Å². The topological polar surface area (TPSA) is 70.1 Å². The molecule has 6 heteroatoms. The lowest BCUT2D eigenvalue weighted by atomic mass is 9.99. The standard InChI is InChI=1S/C15H26N2O4/c1-14(2)9-16(10-15(3,4)21-14)13(20)17(11-5-6-11)8-7-12(18)19/h11H,5-10H2,1-4H3,(H,18,19). The van der Waals surface area contributed by atoms with E-state index in [2.05, 4.69) is 0 Å². The Morgan fingerprint density at radius 3 is 2.14 bits per heavy atom. The fourth-order valence-electron chi connectivity index (χ4n) is 3.14. The Morgan fingerprint density at radius 2 is 1.71 bits per heavy atom. The van der Waals surface area contributed by atoms with Crippen LogP contribution in [0.3, 0.4) is 0 Å². The van der Waals surface area contributed by atoms with Crippen LogP contribution < -0.4 is 0 Å². The fraction of sp³-hybridized carbons (Fsp3) is 0.867. The second-order valence-corrected chi connectivity index (χ2v) is 7.33. The Morgan fingerprint density at radius 1 is 1.19 bits per heavy atom. The summed E-state index contributed by atoms with van der Waals surface area (Å²) in [5.41, 5.74) is -0.779. The molecule has 0 radical (unpaired) electrons. The van der Waals surface area contributed by atoms with Crippen molar-refractivity contribution >= 4 is 12.0 Å². The van der Waals surface area contributed by atoms with Crippen LogP contribution in [0.1, 0.15) is 47.0 Å². The normalized spacial score (nSPS) is 23.7. The SMILES string of the molecule is CC1(C)CN(C(=O)N(CCC(=O)O)C2CC2)CC(C)(C)O1. The number of carbonyl (C=O) groups excluding carboxylic acids is 1. The van der Waals surface area contributed by atoms with Crippen molar-refractivity contribution in [1.29, 1.82) is 0 Å². The lowest BCUT2D eigenvalue weighted by Crippen LogP contribution is -2.61. The molecule has 2 fully saturated rings. The van der Waals surface area contributed by atoms with Crippen molar-refractivity contribution < 1.29 is 19.4 Å². The zero-order chi connectivity index (χ0) is 15.8. The molecule has 1 saturated heterocycles. The maximum Gasteiger partial charge on any atom is 0.320 e. The summed E-state index contributed by atoms with van der Waals surface area (Å²) >= 11 is 0.